The lowest BCUT2D eigenvalue weighted by Crippen LogP contribution is -2.03. The smallest absolute Gasteiger partial charge is 0.221 e. The second-order valence-corrected chi connectivity index (χ2v) is 2.91. The summed E-state index contributed by atoms with van der Waals surface area (Å²) in [5, 5.41) is 10.7. The first-order valence-electron chi connectivity index (χ1n) is 4.49. The van der Waals surface area contributed by atoms with Gasteiger partial charge in [0, 0.05) is 11.6 Å². The molecule has 0 amide bonds. The number of hydrogen-bond donors (Lipinski definition) is 1. The minimum absolute atomic E-state index is 0.00486. The number of fused-ring (bicyclic) bond motifs is 1. The molecule has 2 aromatic rings. The Morgan fingerprint density at radius 2 is 2.07 bits per heavy atom. The molecule has 0 fully saturated rings. The molecule has 1 aromatic carbocycles. The molecule has 0 aliphatic carbocycles. The molecule has 0 saturated heterocycles. The third-order valence-electron chi connectivity index (χ3n) is 1.97. The zero-order valence-corrected chi connectivity index (χ0v) is 7.68. The van der Waals surface area contributed by atoms with Crippen molar-refractivity contribution in [1.82, 2.24) is 4.98 Å². The molecule has 3 nitrogen and oxygen atoms in total. The van der Waals surface area contributed by atoms with Crippen molar-refractivity contribution in [1.29, 1.82) is 0 Å². The van der Waals surface area contributed by atoms with E-state index in [1.54, 1.807) is 6.20 Å². The van der Waals surface area contributed by atoms with E-state index < -0.39 is 0 Å². The van der Waals surface area contributed by atoms with Gasteiger partial charge in [-0.15, -0.1) is 0 Å². The molecule has 72 valence electrons. The average molecular weight is 189 g/mol. The van der Waals surface area contributed by atoms with E-state index in [9.17, 15) is 0 Å². The van der Waals surface area contributed by atoms with Crippen LogP contribution in [0.1, 0.15) is 0 Å². The zero-order valence-electron chi connectivity index (χ0n) is 7.68. The Morgan fingerprint density at radius 3 is 2.93 bits per heavy atom. The Balaban J connectivity index is 2.43. The molecule has 1 aromatic heterocycles. The predicted molar refractivity (Wildman–Crippen MR) is 54.3 cm³/mol. The molecule has 1 N–H and O–H groups in total. The fourth-order valence-electron chi connectivity index (χ4n) is 1.35. The fourth-order valence-corrected chi connectivity index (χ4v) is 1.35. The first kappa shape index (κ1) is 8.97. The molecular weight excluding hydrogens is 178 g/mol. The molecule has 0 radical (unpaired) electrons. The monoisotopic (exact) mass is 189 g/mol. The second-order valence-electron chi connectivity index (χ2n) is 2.91. The van der Waals surface area contributed by atoms with E-state index in [-0.39, 0.29) is 13.2 Å². The standard InChI is InChI=1S/C11H11NO2/c13-7-8-14-11-10-4-2-1-3-9(10)5-6-12-11/h1-6,13H,7-8H2. The fraction of sp³-hybridized carbons (Fsp3) is 0.182. The van der Waals surface area contributed by atoms with Gasteiger partial charge in [-0.1, -0.05) is 18.2 Å². The second kappa shape index (κ2) is 4.07. The Kier molecular flexibility index (Phi) is 2.60. The van der Waals surface area contributed by atoms with E-state index >= 15 is 0 Å². The number of ether oxygens (including phenoxy) is 1. The van der Waals surface area contributed by atoms with Crippen LogP contribution in [0.15, 0.2) is 36.5 Å². The molecule has 3 heteroatoms. The van der Waals surface area contributed by atoms with Crippen molar-refractivity contribution in [2.75, 3.05) is 13.2 Å². The van der Waals surface area contributed by atoms with Gasteiger partial charge < -0.3 is 9.84 Å². The Hall–Kier alpha value is -1.61. The summed E-state index contributed by atoms with van der Waals surface area (Å²) in [6, 6.07) is 9.80. The lowest BCUT2D eigenvalue weighted by Gasteiger charge is -2.05. The van der Waals surface area contributed by atoms with E-state index in [0.29, 0.717) is 5.88 Å². The van der Waals surface area contributed by atoms with Gasteiger partial charge in [-0.3, -0.25) is 0 Å². The maximum atomic E-state index is 8.65. The zero-order chi connectivity index (χ0) is 9.80. The van der Waals surface area contributed by atoms with E-state index in [0.717, 1.165) is 10.8 Å². The summed E-state index contributed by atoms with van der Waals surface area (Å²) in [5.74, 6) is 0.581. The van der Waals surface area contributed by atoms with Crippen molar-refractivity contribution >= 4 is 10.8 Å². The maximum Gasteiger partial charge on any atom is 0.221 e. The van der Waals surface area contributed by atoms with Crippen molar-refractivity contribution in [3.05, 3.63) is 36.5 Å². The quantitative estimate of drug-likeness (QED) is 0.797. The van der Waals surface area contributed by atoms with Crippen LogP contribution in [0.3, 0.4) is 0 Å². The topological polar surface area (TPSA) is 42.4 Å². The normalized spacial score (nSPS) is 10.4. The summed E-state index contributed by atoms with van der Waals surface area (Å²) in [5.41, 5.74) is 0. The summed E-state index contributed by atoms with van der Waals surface area (Å²) < 4.78 is 5.31. The highest BCUT2D eigenvalue weighted by Gasteiger charge is 2.01. The van der Waals surface area contributed by atoms with Crippen LogP contribution in [0, 0.1) is 0 Å². The van der Waals surface area contributed by atoms with Crippen LogP contribution >= 0.6 is 0 Å². The number of nitrogens with zero attached hydrogens (tertiary/aromatic N) is 1. The highest BCUT2D eigenvalue weighted by Crippen LogP contribution is 2.21. The highest BCUT2D eigenvalue weighted by atomic mass is 16.5. The molecule has 0 spiro atoms. The molecule has 0 bridgehead atoms. The minimum Gasteiger partial charge on any atom is -0.475 e. The van der Waals surface area contributed by atoms with Gasteiger partial charge in [-0.05, 0) is 17.5 Å². The number of hydrogen-bond acceptors (Lipinski definition) is 3. The summed E-state index contributed by atoms with van der Waals surface area (Å²) in [6.45, 7) is 0.284. The van der Waals surface area contributed by atoms with Gasteiger partial charge in [0.25, 0.3) is 0 Å². The average Bonchev–Trinajstić information content (AvgIpc) is 2.26. The van der Waals surface area contributed by atoms with Gasteiger partial charge in [0.2, 0.25) is 5.88 Å². The van der Waals surface area contributed by atoms with Crippen molar-refractivity contribution < 1.29 is 9.84 Å². The number of aliphatic hydroxyl groups excluding tert-OH is 1. The van der Waals surface area contributed by atoms with Crippen molar-refractivity contribution in [3.8, 4) is 5.88 Å². The van der Waals surface area contributed by atoms with Crippen LogP contribution < -0.4 is 4.74 Å². The molecule has 0 unspecified atom stereocenters. The predicted octanol–water partition coefficient (Wildman–Crippen LogP) is 1.61. The molecule has 0 saturated carbocycles. The molecule has 1 heterocycles. The molecule has 0 atom stereocenters. The molecule has 14 heavy (non-hydrogen) atoms. The first-order valence-corrected chi connectivity index (χ1v) is 4.49. The van der Waals surface area contributed by atoms with Gasteiger partial charge in [-0.25, -0.2) is 4.98 Å². The third-order valence-corrected chi connectivity index (χ3v) is 1.97. The van der Waals surface area contributed by atoms with Crippen LogP contribution in [0.2, 0.25) is 0 Å². The van der Waals surface area contributed by atoms with Gasteiger partial charge in [-0.2, -0.15) is 0 Å². The van der Waals surface area contributed by atoms with Gasteiger partial charge in [0.15, 0.2) is 0 Å². The van der Waals surface area contributed by atoms with Gasteiger partial charge >= 0.3 is 0 Å². The van der Waals surface area contributed by atoms with Crippen LogP contribution in [0.25, 0.3) is 10.8 Å². The van der Waals surface area contributed by atoms with Gasteiger partial charge in [0.1, 0.15) is 6.61 Å². The Bertz CT molecular complexity index is 423. The molecule has 0 aliphatic rings. The number of benzene rings is 1. The Labute approximate surface area is 82.0 Å². The minimum atomic E-state index is 0.00486. The van der Waals surface area contributed by atoms with Crippen molar-refractivity contribution in [2.24, 2.45) is 0 Å². The summed E-state index contributed by atoms with van der Waals surface area (Å²) in [6.07, 6.45) is 1.70. The van der Waals surface area contributed by atoms with E-state index in [1.165, 1.54) is 0 Å². The number of rotatable bonds is 3. The van der Waals surface area contributed by atoms with Crippen molar-refractivity contribution in [2.45, 2.75) is 0 Å². The van der Waals surface area contributed by atoms with E-state index in [4.69, 9.17) is 9.84 Å². The van der Waals surface area contributed by atoms with E-state index in [2.05, 4.69) is 4.98 Å². The molecule has 0 aliphatic heterocycles. The molecular formula is C11H11NO2. The summed E-state index contributed by atoms with van der Waals surface area (Å²) in [4.78, 5) is 4.11. The van der Waals surface area contributed by atoms with Crippen LogP contribution in [-0.4, -0.2) is 23.3 Å². The SMILES string of the molecule is OCCOc1nccc2ccccc12. The van der Waals surface area contributed by atoms with Crippen LogP contribution in [0.4, 0.5) is 0 Å². The molecule has 2 rings (SSSR count). The largest absolute Gasteiger partial charge is 0.475 e. The van der Waals surface area contributed by atoms with Crippen LogP contribution in [0.5, 0.6) is 5.88 Å². The first-order chi connectivity index (χ1) is 6.92. The summed E-state index contributed by atoms with van der Waals surface area (Å²) >= 11 is 0. The highest BCUT2D eigenvalue weighted by molar-refractivity contribution is 5.86. The number of aliphatic hydroxyl groups is 1. The lowest BCUT2D eigenvalue weighted by molar-refractivity contribution is 0.198. The summed E-state index contributed by atoms with van der Waals surface area (Å²) in [7, 11) is 0. The van der Waals surface area contributed by atoms with E-state index in [1.807, 2.05) is 30.3 Å². The third kappa shape index (κ3) is 1.67. The van der Waals surface area contributed by atoms with Crippen molar-refractivity contribution in [3.63, 3.8) is 0 Å². The maximum absolute atomic E-state index is 8.65. The Morgan fingerprint density at radius 1 is 1.21 bits per heavy atom. The lowest BCUT2D eigenvalue weighted by atomic mass is 10.2. The number of aromatic nitrogens is 1. The number of pyridine rings is 1. The van der Waals surface area contributed by atoms with Gasteiger partial charge in [0.05, 0.1) is 6.61 Å². The van der Waals surface area contributed by atoms with Crippen LogP contribution in [-0.2, 0) is 0 Å².